The summed E-state index contributed by atoms with van der Waals surface area (Å²) in [4.78, 5) is 13.6. The Morgan fingerprint density at radius 2 is 2.05 bits per heavy atom. The third kappa shape index (κ3) is 6.48. The van der Waals surface area contributed by atoms with Crippen LogP contribution >= 0.6 is 0 Å². The van der Waals surface area contributed by atoms with Crippen LogP contribution in [-0.4, -0.2) is 56.4 Å². The average Bonchev–Trinajstić information content (AvgIpc) is 2.71. The molecule has 0 radical (unpaired) electrons. The number of carbonyl (C=O) groups excluding carboxylic acids is 1. The molecule has 1 rings (SSSR count). The lowest BCUT2D eigenvalue weighted by molar-refractivity contribution is 0.0518. The fourth-order valence-electron chi connectivity index (χ4n) is 2.04. The zero-order valence-corrected chi connectivity index (χ0v) is 14.2. The van der Waals surface area contributed by atoms with Gasteiger partial charge in [-0.2, -0.15) is 0 Å². The second kappa shape index (κ2) is 6.79. The van der Waals surface area contributed by atoms with Crippen molar-refractivity contribution in [2.75, 3.05) is 20.1 Å². The van der Waals surface area contributed by atoms with E-state index in [0.29, 0.717) is 13.0 Å². The number of rotatable bonds is 4. The molecule has 21 heavy (non-hydrogen) atoms. The number of nitrogens with one attached hydrogen (secondary N) is 1. The Balaban J connectivity index is 2.53. The molecule has 0 aromatic carbocycles. The quantitative estimate of drug-likeness (QED) is 0.851. The maximum atomic E-state index is 12.1. The van der Waals surface area contributed by atoms with Gasteiger partial charge in [-0.1, -0.05) is 6.08 Å². The van der Waals surface area contributed by atoms with E-state index in [1.165, 1.54) is 11.5 Å². The summed E-state index contributed by atoms with van der Waals surface area (Å²) in [5.41, 5.74) is -0.575. The first-order valence-electron chi connectivity index (χ1n) is 7.10. The number of sulfone groups is 1. The first-order chi connectivity index (χ1) is 9.49. The van der Waals surface area contributed by atoms with Crippen molar-refractivity contribution < 1.29 is 17.9 Å². The molecule has 0 aromatic heterocycles. The second-order valence-corrected chi connectivity index (χ2v) is 8.64. The van der Waals surface area contributed by atoms with Gasteiger partial charge in [-0.15, -0.1) is 0 Å². The molecule has 1 aliphatic heterocycles. The van der Waals surface area contributed by atoms with Crippen LogP contribution in [0.15, 0.2) is 11.5 Å². The van der Waals surface area contributed by atoms with Gasteiger partial charge in [-0.05, 0) is 47.7 Å². The van der Waals surface area contributed by atoms with Crippen molar-refractivity contribution in [3.05, 3.63) is 11.5 Å². The van der Waals surface area contributed by atoms with Gasteiger partial charge in [-0.25, -0.2) is 13.2 Å². The van der Waals surface area contributed by atoms with E-state index in [1.807, 2.05) is 11.9 Å². The maximum absolute atomic E-state index is 12.1. The molecule has 0 bridgehead atoms. The highest BCUT2D eigenvalue weighted by Crippen LogP contribution is 2.17. The molecule has 2 atom stereocenters. The van der Waals surface area contributed by atoms with Gasteiger partial charge < -0.3 is 15.0 Å². The lowest BCUT2D eigenvalue weighted by atomic mass is 10.2. The Morgan fingerprint density at radius 3 is 2.52 bits per heavy atom. The van der Waals surface area contributed by atoms with Gasteiger partial charge in [0.1, 0.15) is 5.60 Å². The van der Waals surface area contributed by atoms with Gasteiger partial charge in [0.15, 0.2) is 9.84 Å². The van der Waals surface area contributed by atoms with Crippen molar-refractivity contribution in [2.45, 2.75) is 51.0 Å². The minimum Gasteiger partial charge on any atom is -0.444 e. The predicted octanol–water partition coefficient (Wildman–Crippen LogP) is 1.53. The van der Waals surface area contributed by atoms with E-state index in [9.17, 15) is 13.2 Å². The van der Waals surface area contributed by atoms with Crippen LogP contribution in [0.25, 0.3) is 0 Å². The molecule has 0 unspecified atom stereocenters. The molecule has 1 amide bonds. The van der Waals surface area contributed by atoms with Gasteiger partial charge in [0, 0.05) is 18.0 Å². The van der Waals surface area contributed by atoms with Gasteiger partial charge >= 0.3 is 6.09 Å². The van der Waals surface area contributed by atoms with E-state index in [-0.39, 0.29) is 5.25 Å². The predicted molar refractivity (Wildman–Crippen MR) is 82.8 cm³/mol. The molecule has 1 fully saturated rings. The highest BCUT2D eigenvalue weighted by molar-refractivity contribution is 7.94. The summed E-state index contributed by atoms with van der Waals surface area (Å²) in [5, 5.41) is 3.44. The van der Waals surface area contributed by atoms with Crippen molar-refractivity contribution in [2.24, 2.45) is 0 Å². The minimum absolute atomic E-state index is 0.354. The molecule has 1 aliphatic rings. The molecule has 0 spiro atoms. The van der Waals surface area contributed by atoms with E-state index in [1.54, 1.807) is 27.7 Å². The summed E-state index contributed by atoms with van der Waals surface area (Å²) >= 11 is 0. The molecule has 0 saturated carbocycles. The number of carbonyl (C=O) groups is 1. The Kier molecular flexibility index (Phi) is 5.81. The van der Waals surface area contributed by atoms with E-state index >= 15 is 0 Å². The Labute approximate surface area is 127 Å². The number of alkyl carbamates (subject to hydrolysis) is 1. The Bertz CT molecular complexity index is 494. The van der Waals surface area contributed by atoms with Crippen LogP contribution in [0.4, 0.5) is 4.79 Å². The molecule has 6 nitrogen and oxygen atoms in total. The van der Waals surface area contributed by atoms with Crippen LogP contribution in [0.5, 0.6) is 0 Å². The maximum Gasteiger partial charge on any atom is 0.408 e. The van der Waals surface area contributed by atoms with Crippen LogP contribution in [0.1, 0.15) is 34.1 Å². The van der Waals surface area contributed by atoms with Crippen LogP contribution in [-0.2, 0) is 14.6 Å². The summed E-state index contributed by atoms with van der Waals surface area (Å²) < 4.78 is 29.4. The Hall–Kier alpha value is -1.08. The van der Waals surface area contributed by atoms with E-state index in [0.717, 1.165) is 6.54 Å². The number of nitrogens with zero attached hydrogens (tertiary/aromatic N) is 1. The van der Waals surface area contributed by atoms with Crippen LogP contribution in [0.2, 0.25) is 0 Å². The summed E-state index contributed by atoms with van der Waals surface area (Å²) in [7, 11) is -1.36. The smallest absolute Gasteiger partial charge is 0.408 e. The van der Waals surface area contributed by atoms with E-state index < -0.39 is 27.6 Å². The zero-order valence-electron chi connectivity index (χ0n) is 13.4. The fraction of sp³-hybridized carbons (Fsp3) is 0.786. The molecule has 1 N–H and O–H groups in total. The van der Waals surface area contributed by atoms with Crippen molar-refractivity contribution in [3.8, 4) is 0 Å². The molecule has 1 heterocycles. The zero-order chi connectivity index (χ0) is 16.3. The topological polar surface area (TPSA) is 75.7 Å². The molecule has 0 aliphatic carbocycles. The minimum atomic E-state index is -3.27. The summed E-state index contributed by atoms with van der Waals surface area (Å²) in [6.45, 7) is 8.37. The van der Waals surface area contributed by atoms with E-state index in [4.69, 9.17) is 4.74 Å². The van der Waals surface area contributed by atoms with Crippen molar-refractivity contribution in [3.63, 3.8) is 0 Å². The summed E-state index contributed by atoms with van der Waals surface area (Å²) in [5.74, 6) is 0. The van der Waals surface area contributed by atoms with Gasteiger partial charge in [0.05, 0.1) is 5.25 Å². The van der Waals surface area contributed by atoms with Crippen molar-refractivity contribution >= 4 is 15.9 Å². The number of ether oxygens (including phenoxy) is 1. The van der Waals surface area contributed by atoms with Crippen LogP contribution < -0.4 is 5.32 Å². The molecule has 1 saturated heterocycles. The summed E-state index contributed by atoms with van der Waals surface area (Å²) in [6, 6.07) is -0.409. The first kappa shape index (κ1) is 18.0. The monoisotopic (exact) mass is 318 g/mol. The third-order valence-corrected chi connectivity index (χ3v) is 4.96. The lowest BCUT2D eigenvalue weighted by Crippen LogP contribution is -2.37. The highest BCUT2D eigenvalue weighted by atomic mass is 32.2. The molecule has 7 heteroatoms. The SMILES string of the molecule is C[C@H](/C=C\S(=O)(=O)[C@@H]1CCN(C)C1)NC(=O)OC(C)(C)C. The van der Waals surface area contributed by atoms with Gasteiger partial charge in [0.2, 0.25) is 0 Å². The molecular formula is C14H26N2O4S. The standard InChI is InChI=1S/C14H26N2O4S/c1-11(15-13(17)20-14(2,3)4)7-9-21(18,19)12-6-8-16(5)10-12/h7,9,11-12H,6,8,10H2,1-5H3,(H,15,17)/b9-7-/t11-,12-/m1/s1. The summed E-state index contributed by atoms with van der Waals surface area (Å²) in [6.07, 6.45) is 1.58. The van der Waals surface area contributed by atoms with Crippen LogP contribution in [0.3, 0.4) is 0 Å². The number of hydrogen-bond donors (Lipinski definition) is 1. The average molecular weight is 318 g/mol. The van der Waals surface area contributed by atoms with Gasteiger partial charge in [-0.3, -0.25) is 0 Å². The number of amides is 1. The first-order valence-corrected chi connectivity index (χ1v) is 8.71. The second-order valence-electron chi connectivity index (χ2n) is 6.53. The van der Waals surface area contributed by atoms with E-state index in [2.05, 4.69) is 5.32 Å². The van der Waals surface area contributed by atoms with Crippen LogP contribution in [0, 0.1) is 0 Å². The lowest BCUT2D eigenvalue weighted by Gasteiger charge is -2.21. The third-order valence-electron chi connectivity index (χ3n) is 3.11. The largest absolute Gasteiger partial charge is 0.444 e. The number of hydrogen-bond acceptors (Lipinski definition) is 5. The van der Waals surface area contributed by atoms with Crippen molar-refractivity contribution in [1.29, 1.82) is 0 Å². The van der Waals surface area contributed by atoms with Crippen molar-refractivity contribution in [1.82, 2.24) is 10.2 Å². The normalized spacial score (nSPS) is 22.4. The Morgan fingerprint density at radius 1 is 1.43 bits per heavy atom. The highest BCUT2D eigenvalue weighted by Gasteiger charge is 2.29. The fourth-order valence-corrected chi connectivity index (χ4v) is 3.62. The molecule has 122 valence electrons. The van der Waals surface area contributed by atoms with Gasteiger partial charge in [0.25, 0.3) is 0 Å². The number of likely N-dealkylation sites (tertiary alicyclic amines) is 1. The molecular weight excluding hydrogens is 292 g/mol. The molecule has 0 aromatic rings.